The third-order valence-corrected chi connectivity index (χ3v) is 4.39. The summed E-state index contributed by atoms with van der Waals surface area (Å²) in [7, 11) is 0. The van der Waals surface area contributed by atoms with Crippen molar-refractivity contribution in [2.45, 2.75) is 12.5 Å². The molecule has 27 heavy (non-hydrogen) atoms. The second kappa shape index (κ2) is 7.17. The molecule has 0 saturated heterocycles. The topological polar surface area (TPSA) is 64.7 Å². The second-order valence-electron chi connectivity index (χ2n) is 6.32. The lowest BCUT2D eigenvalue weighted by atomic mass is 9.96. The predicted molar refractivity (Wildman–Crippen MR) is 99.8 cm³/mol. The largest absolute Gasteiger partial charge is 0.322 e. The van der Waals surface area contributed by atoms with E-state index in [1.165, 1.54) is 18.5 Å². The van der Waals surface area contributed by atoms with Crippen molar-refractivity contribution in [2.24, 2.45) is 5.73 Å². The van der Waals surface area contributed by atoms with Gasteiger partial charge in [0.1, 0.15) is 18.0 Å². The Kier molecular flexibility index (Phi) is 4.56. The summed E-state index contributed by atoms with van der Waals surface area (Å²) in [4.78, 5) is 12.8. The van der Waals surface area contributed by atoms with Gasteiger partial charge in [-0.3, -0.25) is 4.98 Å². The number of rotatable bonds is 4. The highest BCUT2D eigenvalue weighted by atomic mass is 19.1. The summed E-state index contributed by atoms with van der Waals surface area (Å²) in [5.41, 5.74) is 9.93. The molecule has 0 aliphatic carbocycles. The molecular weight excluding hydrogens is 346 g/mol. The molecule has 2 heterocycles. The van der Waals surface area contributed by atoms with Crippen LogP contribution in [0.2, 0.25) is 0 Å². The molecule has 0 bridgehead atoms. The van der Waals surface area contributed by atoms with Crippen LogP contribution in [0.4, 0.5) is 8.78 Å². The van der Waals surface area contributed by atoms with Crippen molar-refractivity contribution in [3.63, 3.8) is 0 Å². The molecule has 0 aliphatic rings. The Balaban J connectivity index is 1.71. The van der Waals surface area contributed by atoms with Crippen LogP contribution in [0.25, 0.3) is 22.0 Å². The number of nitrogens with zero attached hydrogens (tertiary/aromatic N) is 3. The van der Waals surface area contributed by atoms with Gasteiger partial charge in [0.05, 0.1) is 17.3 Å². The third kappa shape index (κ3) is 3.66. The van der Waals surface area contributed by atoms with E-state index in [1.807, 2.05) is 30.3 Å². The summed E-state index contributed by atoms with van der Waals surface area (Å²) in [6.45, 7) is 0. The number of hydrogen-bond donors (Lipinski definition) is 1. The highest BCUT2D eigenvalue weighted by Crippen LogP contribution is 2.29. The lowest BCUT2D eigenvalue weighted by molar-refractivity contribution is 0.575. The Hall–Kier alpha value is -3.25. The van der Waals surface area contributed by atoms with Crippen LogP contribution in [0.1, 0.15) is 17.3 Å². The van der Waals surface area contributed by atoms with Gasteiger partial charge in [-0.2, -0.15) is 0 Å². The van der Waals surface area contributed by atoms with Gasteiger partial charge in [-0.15, -0.1) is 0 Å². The quantitative estimate of drug-likeness (QED) is 0.591. The molecule has 2 aromatic heterocycles. The Morgan fingerprint density at radius 2 is 1.78 bits per heavy atom. The number of hydrogen-bond acceptors (Lipinski definition) is 4. The first-order chi connectivity index (χ1) is 13.1. The van der Waals surface area contributed by atoms with Crippen molar-refractivity contribution in [1.82, 2.24) is 15.0 Å². The van der Waals surface area contributed by atoms with Crippen molar-refractivity contribution in [2.75, 3.05) is 0 Å². The van der Waals surface area contributed by atoms with Gasteiger partial charge in [-0.25, -0.2) is 18.7 Å². The van der Waals surface area contributed by atoms with Gasteiger partial charge >= 0.3 is 0 Å². The third-order valence-electron chi connectivity index (χ3n) is 4.39. The Labute approximate surface area is 154 Å². The lowest BCUT2D eigenvalue weighted by Crippen LogP contribution is -2.16. The zero-order chi connectivity index (χ0) is 18.8. The van der Waals surface area contributed by atoms with Gasteiger partial charge in [0.25, 0.3) is 0 Å². The minimum atomic E-state index is -0.624. The molecule has 0 aliphatic heterocycles. The molecule has 0 spiro atoms. The molecule has 4 rings (SSSR count). The number of pyridine rings is 1. The van der Waals surface area contributed by atoms with Crippen LogP contribution in [0.15, 0.2) is 67.3 Å². The Bertz CT molecular complexity index is 1090. The molecule has 2 N–H and O–H groups in total. The number of fused-ring (bicyclic) bond motifs is 1. The standard InChI is InChI=1S/C21H16F2N4/c22-16-6-13(7-17(23)10-16)8-19(24)21-18(11-25-12-27-21)15-4-3-14-2-1-5-26-20(14)9-15/h1-7,9-12,19H,8,24H2. The van der Waals surface area contributed by atoms with E-state index in [0.717, 1.165) is 28.1 Å². The van der Waals surface area contributed by atoms with Crippen molar-refractivity contribution >= 4 is 10.9 Å². The average molecular weight is 362 g/mol. The summed E-state index contributed by atoms with van der Waals surface area (Å²) in [6.07, 6.45) is 5.10. The Morgan fingerprint density at radius 3 is 2.59 bits per heavy atom. The van der Waals surface area contributed by atoms with E-state index in [0.29, 0.717) is 11.3 Å². The van der Waals surface area contributed by atoms with Crippen LogP contribution >= 0.6 is 0 Å². The average Bonchev–Trinajstić information content (AvgIpc) is 2.67. The summed E-state index contributed by atoms with van der Waals surface area (Å²) < 4.78 is 26.9. The first-order valence-corrected chi connectivity index (χ1v) is 8.46. The van der Waals surface area contributed by atoms with Gasteiger partial charge in [-0.1, -0.05) is 18.2 Å². The zero-order valence-corrected chi connectivity index (χ0v) is 14.3. The van der Waals surface area contributed by atoms with E-state index in [1.54, 1.807) is 12.4 Å². The fraction of sp³-hybridized carbons (Fsp3) is 0.0952. The van der Waals surface area contributed by atoms with Gasteiger partial charge in [0.15, 0.2) is 0 Å². The fourth-order valence-electron chi connectivity index (χ4n) is 3.17. The summed E-state index contributed by atoms with van der Waals surface area (Å²) in [5, 5.41) is 1.03. The van der Waals surface area contributed by atoms with Gasteiger partial charge in [0.2, 0.25) is 0 Å². The lowest BCUT2D eigenvalue weighted by Gasteiger charge is -2.15. The number of aromatic nitrogens is 3. The first kappa shape index (κ1) is 17.2. The summed E-state index contributed by atoms with van der Waals surface area (Å²) in [6, 6.07) is 12.6. The molecule has 1 atom stereocenters. The van der Waals surface area contributed by atoms with E-state index in [4.69, 9.17) is 5.73 Å². The van der Waals surface area contributed by atoms with E-state index in [-0.39, 0.29) is 6.42 Å². The molecular formula is C21H16F2N4. The number of nitrogens with two attached hydrogens (primary N) is 1. The van der Waals surface area contributed by atoms with Gasteiger partial charge < -0.3 is 5.73 Å². The van der Waals surface area contributed by atoms with E-state index in [2.05, 4.69) is 15.0 Å². The summed E-state index contributed by atoms with van der Waals surface area (Å²) >= 11 is 0. The number of halogens is 2. The molecule has 2 aromatic carbocycles. The smallest absolute Gasteiger partial charge is 0.126 e. The zero-order valence-electron chi connectivity index (χ0n) is 14.3. The first-order valence-electron chi connectivity index (χ1n) is 8.46. The Morgan fingerprint density at radius 1 is 0.963 bits per heavy atom. The van der Waals surface area contributed by atoms with Gasteiger partial charge in [-0.05, 0) is 41.8 Å². The van der Waals surface area contributed by atoms with Crippen LogP contribution < -0.4 is 5.73 Å². The maximum Gasteiger partial charge on any atom is 0.126 e. The second-order valence-corrected chi connectivity index (χ2v) is 6.32. The van der Waals surface area contributed by atoms with Gasteiger partial charge in [0, 0.05) is 29.4 Å². The van der Waals surface area contributed by atoms with Crippen LogP contribution in [0, 0.1) is 11.6 Å². The van der Waals surface area contributed by atoms with Crippen molar-refractivity contribution in [3.05, 3.63) is 90.1 Å². The monoisotopic (exact) mass is 362 g/mol. The molecule has 0 saturated carbocycles. The van der Waals surface area contributed by atoms with E-state index < -0.39 is 17.7 Å². The molecule has 134 valence electrons. The van der Waals surface area contributed by atoms with Crippen molar-refractivity contribution in [1.29, 1.82) is 0 Å². The number of benzene rings is 2. The van der Waals surface area contributed by atoms with Crippen LogP contribution in [-0.4, -0.2) is 15.0 Å². The van der Waals surface area contributed by atoms with E-state index >= 15 is 0 Å². The normalized spacial score (nSPS) is 12.3. The highest BCUT2D eigenvalue weighted by Gasteiger charge is 2.16. The van der Waals surface area contributed by atoms with Crippen LogP contribution in [-0.2, 0) is 6.42 Å². The molecule has 6 heteroatoms. The van der Waals surface area contributed by atoms with E-state index in [9.17, 15) is 8.78 Å². The molecule has 1 unspecified atom stereocenters. The molecule has 0 fully saturated rings. The SMILES string of the molecule is NC(Cc1cc(F)cc(F)c1)c1ncncc1-c1ccc2cccnc2c1. The maximum absolute atomic E-state index is 13.5. The van der Waals surface area contributed by atoms with Crippen LogP contribution in [0.5, 0.6) is 0 Å². The van der Waals surface area contributed by atoms with Crippen molar-refractivity contribution < 1.29 is 8.78 Å². The fourth-order valence-corrected chi connectivity index (χ4v) is 3.17. The van der Waals surface area contributed by atoms with Crippen molar-refractivity contribution in [3.8, 4) is 11.1 Å². The maximum atomic E-state index is 13.5. The molecule has 4 nitrogen and oxygen atoms in total. The predicted octanol–water partition coefficient (Wildman–Crippen LogP) is 4.21. The highest BCUT2D eigenvalue weighted by molar-refractivity contribution is 5.84. The molecule has 0 amide bonds. The van der Waals surface area contributed by atoms with Crippen LogP contribution in [0.3, 0.4) is 0 Å². The minimum Gasteiger partial charge on any atom is -0.322 e. The summed E-state index contributed by atoms with van der Waals surface area (Å²) in [5.74, 6) is -1.25. The molecule has 4 aromatic rings. The molecule has 0 radical (unpaired) electrons. The minimum absolute atomic E-state index is 0.254.